The van der Waals surface area contributed by atoms with Gasteiger partial charge in [0.15, 0.2) is 0 Å². The Labute approximate surface area is 235 Å². The van der Waals surface area contributed by atoms with Crippen LogP contribution in [0.1, 0.15) is 52.7 Å². The van der Waals surface area contributed by atoms with Crippen molar-refractivity contribution in [1.29, 1.82) is 0 Å². The van der Waals surface area contributed by atoms with Crippen molar-refractivity contribution in [3.8, 4) is 28.4 Å². The smallest absolute Gasteiger partial charge is 0.304 e. The van der Waals surface area contributed by atoms with E-state index in [1.807, 2.05) is 18.2 Å². The number of nitrogens with zero attached hydrogens (tertiary/aromatic N) is 1. The van der Waals surface area contributed by atoms with Crippen LogP contribution in [0.5, 0.6) is 17.2 Å². The number of hydrogen-bond donors (Lipinski definition) is 1. The highest BCUT2D eigenvalue weighted by Gasteiger charge is 2.30. The fraction of sp³-hybridized carbons (Fsp3) is 0.424. The van der Waals surface area contributed by atoms with E-state index in [4.69, 9.17) is 18.9 Å². The first-order valence-corrected chi connectivity index (χ1v) is 14.3. The average Bonchev–Trinajstić information content (AvgIpc) is 3.53. The summed E-state index contributed by atoms with van der Waals surface area (Å²) in [5.41, 5.74) is 8.49. The van der Waals surface area contributed by atoms with E-state index in [1.54, 1.807) is 0 Å². The molecule has 2 atom stereocenters. The first kappa shape index (κ1) is 26.7. The Morgan fingerprint density at radius 2 is 1.82 bits per heavy atom. The van der Waals surface area contributed by atoms with Gasteiger partial charge in [0.2, 0.25) is 0 Å². The fourth-order valence-electron chi connectivity index (χ4n) is 6.40. The number of aryl methyl sites for hydroxylation is 2. The standard InChI is InChI=1S/C33H37NO6/c1-21-16-25(38-15-12-34-10-13-37-14-11-34)17-22(2)33(21)29-5-3-4-28-27(29)8-9-30(28)40-24-6-7-26-23(18-32(35)36)20-39-31(26)19-24/h3-7,16-17,19,23,30H,8-15,18,20H2,1-2H3,(H,35,36)/t23-,30-/m1/s1. The van der Waals surface area contributed by atoms with Crippen LogP contribution in [-0.4, -0.2) is 62.0 Å². The Morgan fingerprint density at radius 3 is 2.60 bits per heavy atom. The normalized spacial score (nSPS) is 20.1. The van der Waals surface area contributed by atoms with Crippen molar-refractivity contribution >= 4 is 5.97 Å². The molecule has 1 fully saturated rings. The van der Waals surface area contributed by atoms with Gasteiger partial charge in [-0.3, -0.25) is 9.69 Å². The molecule has 40 heavy (non-hydrogen) atoms. The molecule has 0 radical (unpaired) electrons. The maximum absolute atomic E-state index is 11.2. The Bertz CT molecular complexity index is 1370. The summed E-state index contributed by atoms with van der Waals surface area (Å²) in [7, 11) is 0. The van der Waals surface area contributed by atoms with Gasteiger partial charge in [0.25, 0.3) is 0 Å². The first-order valence-electron chi connectivity index (χ1n) is 14.3. The van der Waals surface area contributed by atoms with Gasteiger partial charge < -0.3 is 24.1 Å². The molecule has 0 bridgehead atoms. The van der Waals surface area contributed by atoms with Crippen molar-refractivity contribution in [3.05, 3.63) is 76.3 Å². The average molecular weight is 544 g/mol. The maximum atomic E-state index is 11.2. The predicted octanol–water partition coefficient (Wildman–Crippen LogP) is 5.70. The lowest BCUT2D eigenvalue weighted by molar-refractivity contribution is -0.137. The van der Waals surface area contributed by atoms with Crippen LogP contribution in [0, 0.1) is 13.8 Å². The van der Waals surface area contributed by atoms with Gasteiger partial charge in [-0.2, -0.15) is 0 Å². The van der Waals surface area contributed by atoms with Crippen LogP contribution < -0.4 is 14.2 Å². The number of aliphatic carboxylic acids is 1. The summed E-state index contributed by atoms with van der Waals surface area (Å²) in [6, 6.07) is 16.6. The summed E-state index contributed by atoms with van der Waals surface area (Å²) in [6.45, 7) is 9.87. The van der Waals surface area contributed by atoms with E-state index < -0.39 is 5.97 Å². The van der Waals surface area contributed by atoms with Crippen LogP contribution in [0.4, 0.5) is 0 Å². The Kier molecular flexibility index (Phi) is 7.67. The molecule has 0 unspecified atom stereocenters. The van der Waals surface area contributed by atoms with Crippen molar-refractivity contribution in [2.24, 2.45) is 0 Å². The summed E-state index contributed by atoms with van der Waals surface area (Å²) < 4.78 is 23.9. The van der Waals surface area contributed by atoms with E-state index in [0.717, 1.165) is 68.5 Å². The number of carboxylic acids is 1. The van der Waals surface area contributed by atoms with Crippen LogP contribution in [-0.2, 0) is 16.0 Å². The highest BCUT2D eigenvalue weighted by Crippen LogP contribution is 2.44. The number of morpholine rings is 1. The first-order chi connectivity index (χ1) is 19.5. The van der Waals surface area contributed by atoms with Gasteiger partial charge in [-0.1, -0.05) is 24.3 Å². The maximum Gasteiger partial charge on any atom is 0.304 e. The van der Waals surface area contributed by atoms with Gasteiger partial charge >= 0.3 is 5.97 Å². The summed E-state index contributed by atoms with van der Waals surface area (Å²) in [5.74, 6) is 1.49. The molecule has 0 amide bonds. The lowest BCUT2D eigenvalue weighted by atomic mass is 9.90. The minimum Gasteiger partial charge on any atom is -0.492 e. The van der Waals surface area contributed by atoms with Crippen LogP contribution in [0.2, 0.25) is 0 Å². The Hall–Kier alpha value is -3.55. The molecule has 3 aromatic carbocycles. The monoisotopic (exact) mass is 543 g/mol. The highest BCUT2D eigenvalue weighted by atomic mass is 16.5. The molecule has 6 rings (SSSR count). The van der Waals surface area contributed by atoms with E-state index in [-0.39, 0.29) is 18.4 Å². The second kappa shape index (κ2) is 11.5. The van der Waals surface area contributed by atoms with E-state index in [0.29, 0.717) is 13.2 Å². The van der Waals surface area contributed by atoms with Crippen LogP contribution >= 0.6 is 0 Å². The van der Waals surface area contributed by atoms with Crippen molar-refractivity contribution < 1.29 is 28.8 Å². The summed E-state index contributed by atoms with van der Waals surface area (Å²) in [5, 5.41) is 9.18. The molecule has 3 aliphatic rings. The topological polar surface area (TPSA) is 77.5 Å². The largest absolute Gasteiger partial charge is 0.492 e. The number of benzene rings is 3. The second-order valence-electron chi connectivity index (χ2n) is 11.1. The predicted molar refractivity (Wildman–Crippen MR) is 153 cm³/mol. The van der Waals surface area contributed by atoms with E-state index in [1.165, 1.54) is 33.4 Å². The number of ether oxygens (including phenoxy) is 4. The van der Waals surface area contributed by atoms with Gasteiger partial charge in [-0.25, -0.2) is 0 Å². The molecule has 7 nitrogen and oxygen atoms in total. The molecule has 210 valence electrons. The molecular formula is C33H37NO6. The van der Waals surface area contributed by atoms with Crippen LogP contribution in [0.25, 0.3) is 11.1 Å². The zero-order chi connectivity index (χ0) is 27.6. The third kappa shape index (κ3) is 5.54. The summed E-state index contributed by atoms with van der Waals surface area (Å²) in [4.78, 5) is 13.6. The minimum atomic E-state index is -0.809. The molecule has 1 aliphatic carbocycles. The number of fused-ring (bicyclic) bond motifs is 2. The van der Waals surface area contributed by atoms with Crippen molar-refractivity contribution in [2.75, 3.05) is 46.1 Å². The fourth-order valence-corrected chi connectivity index (χ4v) is 6.40. The van der Waals surface area contributed by atoms with Crippen molar-refractivity contribution in [1.82, 2.24) is 4.90 Å². The Morgan fingerprint density at radius 1 is 1.02 bits per heavy atom. The molecule has 2 aliphatic heterocycles. The molecule has 2 heterocycles. The minimum absolute atomic E-state index is 0.0346. The molecule has 3 aromatic rings. The number of rotatable bonds is 9. The third-order valence-electron chi connectivity index (χ3n) is 8.34. The summed E-state index contributed by atoms with van der Waals surface area (Å²) >= 11 is 0. The van der Waals surface area contributed by atoms with E-state index in [2.05, 4.69) is 49.1 Å². The lowest BCUT2D eigenvalue weighted by Gasteiger charge is -2.26. The van der Waals surface area contributed by atoms with Crippen LogP contribution in [0.3, 0.4) is 0 Å². The molecular weight excluding hydrogens is 506 g/mol. The Balaban J connectivity index is 1.17. The molecule has 0 spiro atoms. The molecule has 7 heteroatoms. The molecule has 0 aromatic heterocycles. The zero-order valence-electron chi connectivity index (χ0n) is 23.3. The van der Waals surface area contributed by atoms with Gasteiger partial charge in [0.05, 0.1) is 26.2 Å². The number of carboxylic acid groups (broad SMARTS) is 1. The third-order valence-corrected chi connectivity index (χ3v) is 8.34. The summed E-state index contributed by atoms with van der Waals surface area (Å²) in [6.07, 6.45) is 1.90. The quantitative estimate of drug-likeness (QED) is 0.371. The van der Waals surface area contributed by atoms with Crippen molar-refractivity contribution in [2.45, 2.75) is 45.1 Å². The van der Waals surface area contributed by atoms with Gasteiger partial charge in [0.1, 0.15) is 30.0 Å². The SMILES string of the molecule is Cc1cc(OCCN2CCOCC2)cc(C)c1-c1cccc2c1CC[C@H]2Oc1ccc2c(c1)OC[C@H]2CC(=O)O. The van der Waals surface area contributed by atoms with Crippen LogP contribution in [0.15, 0.2) is 48.5 Å². The number of hydrogen-bond acceptors (Lipinski definition) is 6. The second-order valence-corrected chi connectivity index (χ2v) is 11.1. The number of carbonyl (C=O) groups is 1. The van der Waals surface area contributed by atoms with Crippen molar-refractivity contribution in [3.63, 3.8) is 0 Å². The van der Waals surface area contributed by atoms with E-state index in [9.17, 15) is 9.90 Å². The van der Waals surface area contributed by atoms with Gasteiger partial charge in [-0.05, 0) is 78.3 Å². The van der Waals surface area contributed by atoms with Gasteiger partial charge in [0, 0.05) is 37.2 Å². The highest BCUT2D eigenvalue weighted by molar-refractivity contribution is 5.76. The lowest BCUT2D eigenvalue weighted by Crippen LogP contribution is -2.38. The molecule has 0 saturated carbocycles. The zero-order valence-corrected chi connectivity index (χ0v) is 23.3. The molecule has 1 saturated heterocycles. The van der Waals surface area contributed by atoms with E-state index >= 15 is 0 Å². The van der Waals surface area contributed by atoms with Gasteiger partial charge in [-0.15, -0.1) is 0 Å². The molecule has 1 N–H and O–H groups in total.